The van der Waals surface area contributed by atoms with Gasteiger partial charge in [0.1, 0.15) is 4.90 Å². The number of rotatable bonds is 1. The molecule has 0 saturated heterocycles. The summed E-state index contributed by atoms with van der Waals surface area (Å²) in [4.78, 5) is -1.57. The molecule has 0 aromatic heterocycles. The number of nitrogens with two attached hydrogens (primary N) is 1. The van der Waals surface area contributed by atoms with E-state index in [0.717, 1.165) is 22.6 Å². The molecule has 0 saturated carbocycles. The molecule has 3 nitrogen and oxygen atoms in total. The van der Waals surface area contributed by atoms with Crippen LogP contribution < -0.4 is 5.14 Å². The molecule has 0 aliphatic carbocycles. The fourth-order valence-electron chi connectivity index (χ4n) is 1.28. The fourth-order valence-corrected chi connectivity index (χ4v) is 3.82. The van der Waals surface area contributed by atoms with Gasteiger partial charge in [-0.3, -0.25) is 0 Å². The van der Waals surface area contributed by atoms with Crippen molar-refractivity contribution >= 4 is 32.6 Å². The summed E-state index contributed by atoms with van der Waals surface area (Å²) in [5, 5.41) is 4.57. The minimum Gasteiger partial charge on any atom is -0.225 e. The standard InChI is InChI=1S/C8H4F6INO2S/c9-7(10,11)3-1-2-4(8(12,13)14)6(5(3)15)19(16,17)18/h1-2H,(H2,16,17,18). The Balaban J connectivity index is 3.81. The lowest BCUT2D eigenvalue weighted by Gasteiger charge is -2.17. The van der Waals surface area contributed by atoms with Crippen LogP contribution in [0, 0.1) is 3.57 Å². The third-order valence-electron chi connectivity index (χ3n) is 1.99. The molecular weight excluding hydrogens is 415 g/mol. The van der Waals surface area contributed by atoms with Gasteiger partial charge in [-0.15, -0.1) is 0 Å². The van der Waals surface area contributed by atoms with Crippen LogP contribution in [0.3, 0.4) is 0 Å². The molecule has 0 spiro atoms. The van der Waals surface area contributed by atoms with Gasteiger partial charge in [-0.1, -0.05) is 0 Å². The van der Waals surface area contributed by atoms with Gasteiger partial charge >= 0.3 is 12.4 Å². The first kappa shape index (κ1) is 16.5. The van der Waals surface area contributed by atoms with E-state index < -0.39 is 42.0 Å². The first-order valence-electron chi connectivity index (χ1n) is 4.26. The van der Waals surface area contributed by atoms with Crippen LogP contribution in [0.5, 0.6) is 0 Å². The molecule has 0 aliphatic heterocycles. The van der Waals surface area contributed by atoms with Gasteiger partial charge in [-0.05, 0) is 34.7 Å². The van der Waals surface area contributed by atoms with Gasteiger partial charge in [-0.2, -0.15) is 26.3 Å². The lowest BCUT2D eigenvalue weighted by molar-refractivity contribution is -0.143. The molecule has 0 aliphatic rings. The average Bonchev–Trinajstić information content (AvgIpc) is 2.11. The van der Waals surface area contributed by atoms with Crippen molar-refractivity contribution < 1.29 is 34.8 Å². The minimum atomic E-state index is -5.13. The van der Waals surface area contributed by atoms with E-state index in [0.29, 0.717) is 0 Å². The molecule has 0 bridgehead atoms. The maximum absolute atomic E-state index is 12.6. The number of primary sulfonamides is 1. The monoisotopic (exact) mass is 419 g/mol. The Morgan fingerprint density at radius 1 is 0.947 bits per heavy atom. The van der Waals surface area contributed by atoms with Crippen molar-refractivity contribution in [2.24, 2.45) is 5.14 Å². The molecule has 2 N–H and O–H groups in total. The Morgan fingerprint density at radius 2 is 1.32 bits per heavy atom. The summed E-state index contributed by atoms with van der Waals surface area (Å²) in [5.74, 6) is 0. The third-order valence-corrected chi connectivity index (χ3v) is 4.47. The number of hydrogen-bond donors (Lipinski definition) is 1. The van der Waals surface area contributed by atoms with E-state index in [1.165, 1.54) is 0 Å². The molecular formula is C8H4F6INO2S. The maximum Gasteiger partial charge on any atom is 0.417 e. The van der Waals surface area contributed by atoms with Crippen LogP contribution in [-0.2, 0) is 22.4 Å². The van der Waals surface area contributed by atoms with Gasteiger partial charge in [0.15, 0.2) is 0 Å². The van der Waals surface area contributed by atoms with Crippen LogP contribution in [0.25, 0.3) is 0 Å². The highest BCUT2D eigenvalue weighted by molar-refractivity contribution is 14.1. The van der Waals surface area contributed by atoms with Crippen molar-refractivity contribution in [2.45, 2.75) is 17.2 Å². The van der Waals surface area contributed by atoms with Gasteiger partial charge in [-0.25, -0.2) is 13.6 Å². The van der Waals surface area contributed by atoms with E-state index in [9.17, 15) is 34.8 Å². The Labute approximate surface area is 117 Å². The normalized spacial score (nSPS) is 13.7. The zero-order valence-electron chi connectivity index (χ0n) is 8.60. The highest BCUT2D eigenvalue weighted by atomic mass is 127. The van der Waals surface area contributed by atoms with Gasteiger partial charge in [0, 0.05) is 3.57 Å². The zero-order valence-corrected chi connectivity index (χ0v) is 11.6. The van der Waals surface area contributed by atoms with Gasteiger partial charge < -0.3 is 0 Å². The number of halogens is 7. The van der Waals surface area contributed by atoms with Crippen molar-refractivity contribution in [3.8, 4) is 0 Å². The molecule has 0 atom stereocenters. The first-order valence-corrected chi connectivity index (χ1v) is 6.88. The summed E-state index contributed by atoms with van der Waals surface area (Å²) >= 11 is 0.878. The van der Waals surface area contributed by atoms with Crippen LogP contribution >= 0.6 is 22.6 Å². The second-order valence-electron chi connectivity index (χ2n) is 3.34. The highest BCUT2D eigenvalue weighted by Gasteiger charge is 2.42. The van der Waals surface area contributed by atoms with Crippen LogP contribution in [0.1, 0.15) is 11.1 Å². The summed E-state index contributed by atoms with van der Waals surface area (Å²) < 4.78 is 96.4. The quantitative estimate of drug-likeness (QED) is 0.563. The van der Waals surface area contributed by atoms with Crippen LogP contribution in [0.2, 0.25) is 0 Å². The predicted octanol–water partition coefficient (Wildman–Crippen LogP) is 2.98. The molecule has 0 fully saturated rings. The van der Waals surface area contributed by atoms with Gasteiger partial charge in [0.2, 0.25) is 10.0 Å². The Bertz CT molecular complexity index is 607. The van der Waals surface area contributed by atoms with Crippen molar-refractivity contribution in [1.29, 1.82) is 0 Å². The van der Waals surface area contributed by atoms with E-state index in [-0.39, 0.29) is 12.1 Å². The molecule has 19 heavy (non-hydrogen) atoms. The van der Waals surface area contributed by atoms with Crippen molar-refractivity contribution in [3.05, 3.63) is 26.8 Å². The Kier molecular flexibility index (Phi) is 4.14. The fraction of sp³-hybridized carbons (Fsp3) is 0.250. The molecule has 1 aromatic rings. The third kappa shape index (κ3) is 3.51. The number of alkyl halides is 6. The lowest BCUT2D eigenvalue weighted by atomic mass is 10.1. The highest BCUT2D eigenvalue weighted by Crippen LogP contribution is 2.41. The van der Waals surface area contributed by atoms with Crippen molar-refractivity contribution in [1.82, 2.24) is 0 Å². The largest absolute Gasteiger partial charge is 0.417 e. The SMILES string of the molecule is NS(=O)(=O)c1c(C(F)(F)F)ccc(C(F)(F)F)c1I. The summed E-state index contributed by atoms with van der Waals surface area (Å²) in [6.07, 6.45) is -10.1. The summed E-state index contributed by atoms with van der Waals surface area (Å²) in [6.45, 7) is 0. The van der Waals surface area contributed by atoms with E-state index >= 15 is 0 Å². The first-order chi connectivity index (χ1) is 8.26. The molecule has 0 unspecified atom stereocenters. The second-order valence-corrected chi connectivity index (χ2v) is 5.92. The summed E-state index contributed by atoms with van der Waals surface area (Å²) in [6, 6.07) is 0.212. The molecule has 11 heteroatoms. The van der Waals surface area contributed by atoms with Crippen LogP contribution in [0.4, 0.5) is 26.3 Å². The molecule has 0 radical (unpaired) electrons. The van der Waals surface area contributed by atoms with E-state index in [1.807, 2.05) is 0 Å². The van der Waals surface area contributed by atoms with Gasteiger partial charge in [0.05, 0.1) is 11.1 Å². The minimum absolute atomic E-state index is 0.0464. The van der Waals surface area contributed by atoms with Gasteiger partial charge in [0.25, 0.3) is 0 Å². The van der Waals surface area contributed by atoms with Crippen molar-refractivity contribution in [2.75, 3.05) is 0 Å². The molecule has 0 heterocycles. The van der Waals surface area contributed by atoms with E-state index in [4.69, 9.17) is 0 Å². The molecule has 1 rings (SSSR count). The topological polar surface area (TPSA) is 60.2 Å². The maximum atomic E-state index is 12.6. The Morgan fingerprint density at radius 3 is 1.63 bits per heavy atom. The molecule has 108 valence electrons. The lowest BCUT2D eigenvalue weighted by Crippen LogP contribution is -2.23. The van der Waals surface area contributed by atoms with Crippen LogP contribution in [-0.4, -0.2) is 8.42 Å². The average molecular weight is 419 g/mol. The zero-order chi connectivity index (χ0) is 15.2. The number of benzene rings is 1. The number of hydrogen-bond acceptors (Lipinski definition) is 2. The van der Waals surface area contributed by atoms with E-state index in [1.54, 1.807) is 0 Å². The smallest absolute Gasteiger partial charge is 0.225 e. The summed E-state index contributed by atoms with van der Waals surface area (Å²) in [5.41, 5.74) is -3.22. The second kappa shape index (κ2) is 4.77. The predicted molar refractivity (Wildman–Crippen MR) is 60.5 cm³/mol. The van der Waals surface area contributed by atoms with Crippen LogP contribution in [0.15, 0.2) is 17.0 Å². The van der Waals surface area contributed by atoms with E-state index in [2.05, 4.69) is 5.14 Å². The Hall–Kier alpha value is -0.560. The molecule has 1 aromatic carbocycles. The number of sulfonamides is 1. The summed E-state index contributed by atoms with van der Waals surface area (Å²) in [7, 11) is -4.96. The molecule has 0 amide bonds. The van der Waals surface area contributed by atoms with Crippen molar-refractivity contribution in [3.63, 3.8) is 0 Å².